The third-order valence-electron chi connectivity index (χ3n) is 5.12. The summed E-state index contributed by atoms with van der Waals surface area (Å²) in [6.45, 7) is 5.00. The zero-order chi connectivity index (χ0) is 17.9. The molecule has 5 nitrogen and oxygen atoms in total. The van der Waals surface area contributed by atoms with Crippen LogP contribution in [0.4, 0.5) is 0 Å². The second kappa shape index (κ2) is 7.56. The molecule has 1 atom stereocenters. The lowest BCUT2D eigenvalue weighted by Crippen LogP contribution is -2.56. The number of nitrogens with one attached hydrogen (secondary N) is 1. The minimum absolute atomic E-state index is 0.107. The van der Waals surface area contributed by atoms with Gasteiger partial charge < -0.3 is 10.1 Å². The van der Waals surface area contributed by atoms with E-state index in [9.17, 15) is 9.59 Å². The second-order valence-electron chi connectivity index (χ2n) is 7.51. The smallest absolute Gasteiger partial charge is 0.256 e. The van der Waals surface area contributed by atoms with Crippen molar-refractivity contribution in [2.45, 2.75) is 57.7 Å². The summed E-state index contributed by atoms with van der Waals surface area (Å²) in [5, 5.41) is 2.97. The molecule has 0 bridgehead atoms. The summed E-state index contributed by atoms with van der Waals surface area (Å²) in [4.78, 5) is 27.7. The minimum atomic E-state index is -0.620. The zero-order valence-electron chi connectivity index (χ0n) is 15.2. The predicted octanol–water partition coefficient (Wildman–Crippen LogP) is 2.96. The van der Waals surface area contributed by atoms with Gasteiger partial charge in [0.15, 0.2) is 0 Å². The third-order valence-corrected chi connectivity index (χ3v) is 5.12. The minimum Gasteiger partial charge on any atom is -0.354 e. The van der Waals surface area contributed by atoms with E-state index in [2.05, 4.69) is 19.2 Å². The molecule has 136 valence electrons. The van der Waals surface area contributed by atoms with Gasteiger partial charge in [-0.2, -0.15) is 0 Å². The quantitative estimate of drug-likeness (QED) is 0.913. The third kappa shape index (κ3) is 3.71. The molecular formula is C20H28N2O3. The molecule has 0 aromatic heterocycles. The molecule has 5 heteroatoms. The van der Waals surface area contributed by atoms with E-state index >= 15 is 0 Å². The Labute approximate surface area is 149 Å². The molecule has 25 heavy (non-hydrogen) atoms. The summed E-state index contributed by atoms with van der Waals surface area (Å²) >= 11 is 0. The van der Waals surface area contributed by atoms with Crippen molar-refractivity contribution in [2.75, 3.05) is 13.2 Å². The van der Waals surface area contributed by atoms with Gasteiger partial charge in [0, 0.05) is 12.1 Å². The van der Waals surface area contributed by atoms with E-state index in [1.165, 1.54) is 0 Å². The fraction of sp³-hybridized carbons (Fsp3) is 0.600. The van der Waals surface area contributed by atoms with Gasteiger partial charge in [-0.1, -0.05) is 38.5 Å². The van der Waals surface area contributed by atoms with E-state index in [4.69, 9.17) is 4.74 Å². The van der Waals surface area contributed by atoms with Crippen LogP contribution in [0.5, 0.6) is 0 Å². The maximum atomic E-state index is 13.2. The summed E-state index contributed by atoms with van der Waals surface area (Å²) in [7, 11) is 0. The number of nitrogens with zero attached hydrogens (tertiary/aromatic N) is 1. The molecule has 1 aliphatic heterocycles. The van der Waals surface area contributed by atoms with Gasteiger partial charge in [-0.3, -0.25) is 14.5 Å². The van der Waals surface area contributed by atoms with Crippen LogP contribution >= 0.6 is 0 Å². The van der Waals surface area contributed by atoms with Gasteiger partial charge in [-0.25, -0.2) is 0 Å². The van der Waals surface area contributed by atoms with Crippen LogP contribution in [-0.4, -0.2) is 41.6 Å². The van der Waals surface area contributed by atoms with Crippen LogP contribution in [0.1, 0.15) is 56.3 Å². The van der Waals surface area contributed by atoms with Crippen molar-refractivity contribution in [1.29, 1.82) is 0 Å². The number of hydrogen-bond donors (Lipinski definition) is 1. The van der Waals surface area contributed by atoms with Crippen LogP contribution < -0.4 is 5.32 Å². The van der Waals surface area contributed by atoms with Crippen LogP contribution in [-0.2, 0) is 9.53 Å². The van der Waals surface area contributed by atoms with Gasteiger partial charge in [0.1, 0.15) is 11.8 Å². The summed E-state index contributed by atoms with van der Waals surface area (Å²) < 4.78 is 6.12. The van der Waals surface area contributed by atoms with E-state index in [-0.39, 0.29) is 18.4 Å². The highest BCUT2D eigenvalue weighted by molar-refractivity contribution is 5.98. The first-order valence-corrected chi connectivity index (χ1v) is 9.34. The highest BCUT2D eigenvalue weighted by atomic mass is 16.5. The van der Waals surface area contributed by atoms with Crippen LogP contribution in [0, 0.1) is 5.92 Å². The lowest BCUT2D eigenvalue weighted by Gasteiger charge is -2.41. The number of amides is 2. The standard InChI is InChI=1S/C20H28N2O3/c1-15(2)13-21-18(23)17-14-25-20(11-7-4-8-12-20)22(17)19(24)16-9-5-3-6-10-16/h3,5-6,9-10,15,17H,4,7-8,11-14H2,1-2H3,(H,21,23)/t17-/m0/s1. The van der Waals surface area contributed by atoms with Gasteiger partial charge >= 0.3 is 0 Å². The first kappa shape index (κ1) is 17.9. The summed E-state index contributed by atoms with van der Waals surface area (Å²) in [6.07, 6.45) is 4.82. The topological polar surface area (TPSA) is 58.6 Å². The highest BCUT2D eigenvalue weighted by Crippen LogP contribution is 2.41. The molecule has 2 fully saturated rings. The molecule has 1 saturated carbocycles. The van der Waals surface area contributed by atoms with Gasteiger partial charge in [0.25, 0.3) is 5.91 Å². The number of rotatable bonds is 4. The van der Waals surface area contributed by atoms with Gasteiger partial charge in [0.2, 0.25) is 5.91 Å². The van der Waals surface area contributed by atoms with E-state index in [0.29, 0.717) is 18.0 Å². The average molecular weight is 344 g/mol. The zero-order valence-corrected chi connectivity index (χ0v) is 15.2. The first-order chi connectivity index (χ1) is 12.0. The second-order valence-corrected chi connectivity index (χ2v) is 7.51. The van der Waals surface area contributed by atoms with Crippen molar-refractivity contribution in [1.82, 2.24) is 10.2 Å². The van der Waals surface area contributed by atoms with Crippen LogP contribution in [0.25, 0.3) is 0 Å². The van der Waals surface area contributed by atoms with Gasteiger partial charge in [-0.15, -0.1) is 0 Å². The summed E-state index contributed by atoms with van der Waals surface area (Å²) in [5.41, 5.74) is -0.00928. The molecule has 1 aromatic carbocycles. The van der Waals surface area contributed by atoms with Crippen molar-refractivity contribution in [3.63, 3.8) is 0 Å². The molecule has 1 aromatic rings. The normalized spacial score (nSPS) is 22.4. The number of benzene rings is 1. The average Bonchev–Trinajstić information content (AvgIpc) is 2.99. The van der Waals surface area contributed by atoms with Gasteiger partial charge in [0.05, 0.1) is 6.61 Å². The highest BCUT2D eigenvalue weighted by Gasteiger charge is 2.52. The lowest BCUT2D eigenvalue weighted by atomic mass is 9.89. The predicted molar refractivity (Wildman–Crippen MR) is 96.0 cm³/mol. The van der Waals surface area contributed by atoms with E-state index in [0.717, 1.165) is 32.1 Å². The Bertz CT molecular complexity index is 609. The van der Waals surface area contributed by atoms with Crippen LogP contribution in [0.2, 0.25) is 0 Å². The fourth-order valence-corrected chi connectivity index (χ4v) is 3.81. The van der Waals surface area contributed by atoms with Crippen molar-refractivity contribution in [3.8, 4) is 0 Å². The van der Waals surface area contributed by atoms with E-state index in [1.807, 2.05) is 18.2 Å². The first-order valence-electron chi connectivity index (χ1n) is 9.34. The maximum Gasteiger partial charge on any atom is 0.256 e. The number of hydrogen-bond acceptors (Lipinski definition) is 3. The molecule has 1 aliphatic carbocycles. The summed E-state index contributed by atoms with van der Waals surface area (Å²) in [5.74, 6) is 0.151. The summed E-state index contributed by atoms with van der Waals surface area (Å²) in [6, 6.07) is 8.66. The Hall–Kier alpha value is -1.88. The molecule has 2 aliphatic rings. The molecule has 1 heterocycles. The number of carbonyl (C=O) groups excluding carboxylic acids is 2. The molecule has 1 spiro atoms. The number of carbonyl (C=O) groups is 2. The van der Waals surface area contributed by atoms with Gasteiger partial charge in [-0.05, 0) is 43.7 Å². The fourth-order valence-electron chi connectivity index (χ4n) is 3.81. The molecule has 2 amide bonds. The lowest BCUT2D eigenvalue weighted by molar-refractivity contribution is -0.127. The van der Waals surface area contributed by atoms with Crippen LogP contribution in [0.3, 0.4) is 0 Å². The molecule has 0 unspecified atom stereocenters. The van der Waals surface area contributed by atoms with E-state index < -0.39 is 11.8 Å². The Balaban J connectivity index is 1.87. The maximum absolute atomic E-state index is 13.2. The molecule has 0 radical (unpaired) electrons. The van der Waals surface area contributed by atoms with Crippen molar-refractivity contribution < 1.29 is 14.3 Å². The van der Waals surface area contributed by atoms with Crippen LogP contribution in [0.15, 0.2) is 30.3 Å². The van der Waals surface area contributed by atoms with Crippen molar-refractivity contribution in [3.05, 3.63) is 35.9 Å². The largest absolute Gasteiger partial charge is 0.354 e. The van der Waals surface area contributed by atoms with Crippen molar-refractivity contribution in [2.24, 2.45) is 5.92 Å². The number of ether oxygens (including phenoxy) is 1. The van der Waals surface area contributed by atoms with E-state index in [1.54, 1.807) is 17.0 Å². The van der Waals surface area contributed by atoms with Crippen molar-refractivity contribution >= 4 is 11.8 Å². The SMILES string of the molecule is CC(C)CNC(=O)[C@@H]1COC2(CCCCC2)N1C(=O)c1ccccc1. The molecular weight excluding hydrogens is 316 g/mol. The Morgan fingerprint density at radius 3 is 2.52 bits per heavy atom. The molecule has 3 rings (SSSR count). The Morgan fingerprint density at radius 1 is 1.20 bits per heavy atom. The molecule has 1 saturated heterocycles. The Kier molecular flexibility index (Phi) is 5.42. The Morgan fingerprint density at radius 2 is 1.88 bits per heavy atom. The monoisotopic (exact) mass is 344 g/mol. The molecule has 1 N–H and O–H groups in total.